The Balaban J connectivity index is 1.60. The van der Waals surface area contributed by atoms with Gasteiger partial charge in [0.25, 0.3) is 0 Å². The molecule has 0 amide bonds. The van der Waals surface area contributed by atoms with Crippen molar-refractivity contribution in [1.82, 2.24) is 10.3 Å². The van der Waals surface area contributed by atoms with Crippen LogP contribution in [0.5, 0.6) is 0 Å². The van der Waals surface area contributed by atoms with Gasteiger partial charge in [-0.3, -0.25) is 0 Å². The Morgan fingerprint density at radius 3 is 2.67 bits per heavy atom. The molecule has 1 heterocycles. The van der Waals surface area contributed by atoms with E-state index in [-0.39, 0.29) is 0 Å². The van der Waals surface area contributed by atoms with Crippen LogP contribution in [0.15, 0.2) is 35.2 Å². The van der Waals surface area contributed by atoms with Crippen LogP contribution in [0.2, 0.25) is 0 Å². The van der Waals surface area contributed by atoms with E-state index in [4.69, 9.17) is 5.73 Å². The van der Waals surface area contributed by atoms with Crippen molar-refractivity contribution in [1.29, 1.82) is 0 Å². The maximum Gasteiger partial charge on any atom is 0.0795 e. The molecule has 3 rings (SSSR count). The molecule has 1 saturated carbocycles. The summed E-state index contributed by atoms with van der Waals surface area (Å²) in [5.74, 6) is 0. The van der Waals surface area contributed by atoms with Crippen LogP contribution in [-0.4, -0.2) is 11.5 Å². The monoisotopic (exact) mass is 259 g/mol. The molecule has 0 atom stereocenters. The van der Waals surface area contributed by atoms with E-state index in [9.17, 15) is 0 Å². The van der Waals surface area contributed by atoms with Crippen LogP contribution in [0.1, 0.15) is 24.1 Å². The molecule has 1 aliphatic carbocycles. The maximum atomic E-state index is 5.73. The third-order valence-electron chi connectivity index (χ3n) is 3.63. The van der Waals surface area contributed by atoms with E-state index in [2.05, 4.69) is 27.8 Å². The molecule has 0 aliphatic heterocycles. The average molecular weight is 259 g/mol. The Labute approximate surface area is 111 Å². The van der Waals surface area contributed by atoms with Gasteiger partial charge in [0, 0.05) is 29.6 Å². The first-order chi connectivity index (χ1) is 8.78. The van der Waals surface area contributed by atoms with Crippen molar-refractivity contribution in [2.24, 2.45) is 0 Å². The molecule has 2 aromatic rings. The Hall–Kier alpha value is -1.39. The molecule has 0 spiro atoms. The number of hydrogen-bond acceptors (Lipinski definition) is 4. The third-order valence-corrected chi connectivity index (χ3v) is 4.26. The highest BCUT2D eigenvalue weighted by Crippen LogP contribution is 2.47. The van der Waals surface area contributed by atoms with Crippen molar-refractivity contribution < 1.29 is 0 Å². The van der Waals surface area contributed by atoms with Gasteiger partial charge in [0.15, 0.2) is 0 Å². The second-order valence-electron chi connectivity index (χ2n) is 4.99. The molecule has 1 aliphatic rings. The van der Waals surface area contributed by atoms with Crippen molar-refractivity contribution in [2.45, 2.75) is 24.8 Å². The van der Waals surface area contributed by atoms with E-state index in [0.29, 0.717) is 5.41 Å². The number of anilines is 1. The Kier molecular flexibility index (Phi) is 3.06. The minimum absolute atomic E-state index is 0.337. The van der Waals surface area contributed by atoms with Gasteiger partial charge in [-0.25, -0.2) is 4.98 Å². The van der Waals surface area contributed by atoms with Crippen LogP contribution in [-0.2, 0) is 12.0 Å². The van der Waals surface area contributed by atoms with Crippen LogP contribution < -0.4 is 11.1 Å². The van der Waals surface area contributed by atoms with Crippen LogP contribution in [0.25, 0.3) is 0 Å². The molecule has 0 saturated heterocycles. The Morgan fingerprint density at radius 2 is 2.06 bits per heavy atom. The summed E-state index contributed by atoms with van der Waals surface area (Å²) in [5.41, 5.74) is 11.3. The molecule has 1 fully saturated rings. The van der Waals surface area contributed by atoms with E-state index in [1.807, 2.05) is 17.6 Å². The summed E-state index contributed by atoms with van der Waals surface area (Å²) >= 11 is 1.65. The predicted molar refractivity (Wildman–Crippen MR) is 75.6 cm³/mol. The van der Waals surface area contributed by atoms with Crippen LogP contribution in [0, 0.1) is 0 Å². The SMILES string of the molecule is Nc1ccc(C2(CNCc3cscn3)CC2)cc1. The van der Waals surface area contributed by atoms with Crippen LogP contribution in [0.3, 0.4) is 0 Å². The Morgan fingerprint density at radius 1 is 1.28 bits per heavy atom. The highest BCUT2D eigenvalue weighted by Gasteiger charge is 2.43. The lowest BCUT2D eigenvalue weighted by molar-refractivity contribution is 0.570. The number of rotatable bonds is 5. The zero-order valence-corrected chi connectivity index (χ0v) is 11.0. The van der Waals surface area contributed by atoms with Gasteiger partial charge in [-0.05, 0) is 30.5 Å². The quantitative estimate of drug-likeness (QED) is 0.811. The van der Waals surface area contributed by atoms with E-state index in [1.165, 1.54) is 18.4 Å². The predicted octanol–water partition coefficient (Wildman–Crippen LogP) is 2.55. The topological polar surface area (TPSA) is 50.9 Å². The molecule has 94 valence electrons. The molecule has 0 radical (unpaired) electrons. The van der Waals surface area contributed by atoms with Gasteiger partial charge >= 0.3 is 0 Å². The summed E-state index contributed by atoms with van der Waals surface area (Å²) in [4.78, 5) is 4.28. The number of nitrogens with one attached hydrogen (secondary N) is 1. The van der Waals surface area contributed by atoms with Gasteiger partial charge in [0.05, 0.1) is 11.2 Å². The van der Waals surface area contributed by atoms with E-state index in [1.54, 1.807) is 11.3 Å². The summed E-state index contributed by atoms with van der Waals surface area (Å²) < 4.78 is 0. The molecule has 4 heteroatoms. The zero-order chi connectivity index (χ0) is 12.4. The van der Waals surface area contributed by atoms with Crippen molar-refractivity contribution >= 4 is 17.0 Å². The first kappa shape index (κ1) is 11.7. The van der Waals surface area contributed by atoms with Gasteiger partial charge < -0.3 is 11.1 Å². The molecular weight excluding hydrogens is 242 g/mol. The number of hydrogen-bond donors (Lipinski definition) is 2. The Bertz CT molecular complexity index is 500. The fourth-order valence-electron chi connectivity index (χ4n) is 2.31. The molecule has 0 bridgehead atoms. The fourth-order valence-corrected chi connectivity index (χ4v) is 2.87. The van der Waals surface area contributed by atoms with Gasteiger partial charge in [-0.2, -0.15) is 0 Å². The molecule has 1 aromatic carbocycles. The average Bonchev–Trinajstić information content (AvgIpc) is 2.98. The largest absolute Gasteiger partial charge is 0.399 e. The van der Waals surface area contributed by atoms with Crippen molar-refractivity contribution in [3.05, 3.63) is 46.4 Å². The lowest BCUT2D eigenvalue weighted by Gasteiger charge is -2.16. The second-order valence-corrected chi connectivity index (χ2v) is 5.70. The first-order valence-electron chi connectivity index (χ1n) is 6.22. The number of benzene rings is 1. The minimum atomic E-state index is 0.337. The maximum absolute atomic E-state index is 5.73. The number of nitrogen functional groups attached to an aromatic ring is 1. The number of nitrogens with two attached hydrogens (primary N) is 1. The van der Waals surface area contributed by atoms with Crippen molar-refractivity contribution in [3.8, 4) is 0 Å². The summed E-state index contributed by atoms with van der Waals surface area (Å²) in [7, 11) is 0. The standard InChI is InChI=1S/C14H17N3S/c15-12-3-1-11(2-4-12)14(5-6-14)9-16-7-13-8-18-10-17-13/h1-4,8,10,16H,5-7,9,15H2. The minimum Gasteiger partial charge on any atom is -0.399 e. The van der Waals surface area contributed by atoms with Crippen molar-refractivity contribution in [2.75, 3.05) is 12.3 Å². The second kappa shape index (κ2) is 4.71. The summed E-state index contributed by atoms with van der Waals surface area (Å²) in [5, 5.41) is 5.61. The summed E-state index contributed by atoms with van der Waals surface area (Å²) in [6.07, 6.45) is 2.53. The van der Waals surface area contributed by atoms with Gasteiger partial charge in [0.1, 0.15) is 0 Å². The fraction of sp³-hybridized carbons (Fsp3) is 0.357. The molecule has 3 nitrogen and oxygen atoms in total. The zero-order valence-electron chi connectivity index (χ0n) is 10.2. The third kappa shape index (κ3) is 2.40. The van der Waals surface area contributed by atoms with Crippen molar-refractivity contribution in [3.63, 3.8) is 0 Å². The molecule has 1 aromatic heterocycles. The van der Waals surface area contributed by atoms with E-state index < -0.39 is 0 Å². The van der Waals surface area contributed by atoms with Gasteiger partial charge in [0.2, 0.25) is 0 Å². The lowest BCUT2D eigenvalue weighted by atomic mass is 9.96. The van der Waals surface area contributed by atoms with Gasteiger partial charge in [-0.15, -0.1) is 11.3 Å². The number of nitrogens with zero attached hydrogens (tertiary/aromatic N) is 1. The van der Waals surface area contributed by atoms with Crippen LogP contribution in [0.4, 0.5) is 5.69 Å². The molecule has 0 unspecified atom stereocenters. The first-order valence-corrected chi connectivity index (χ1v) is 7.17. The number of thiazole rings is 1. The number of aromatic nitrogens is 1. The molecule has 18 heavy (non-hydrogen) atoms. The molecular formula is C14H17N3S. The summed E-state index contributed by atoms with van der Waals surface area (Å²) in [6.45, 7) is 1.88. The van der Waals surface area contributed by atoms with Gasteiger partial charge in [-0.1, -0.05) is 12.1 Å². The highest BCUT2D eigenvalue weighted by molar-refractivity contribution is 7.07. The summed E-state index contributed by atoms with van der Waals surface area (Å²) in [6, 6.07) is 8.31. The molecule has 3 N–H and O–H groups in total. The van der Waals surface area contributed by atoms with Crippen LogP contribution >= 0.6 is 11.3 Å². The highest BCUT2D eigenvalue weighted by atomic mass is 32.1. The van der Waals surface area contributed by atoms with E-state index in [0.717, 1.165) is 24.5 Å². The van der Waals surface area contributed by atoms with E-state index >= 15 is 0 Å². The lowest BCUT2D eigenvalue weighted by Crippen LogP contribution is -2.26. The smallest absolute Gasteiger partial charge is 0.0795 e. The normalized spacial score (nSPS) is 16.7.